The van der Waals surface area contributed by atoms with Crippen LogP contribution in [0.3, 0.4) is 0 Å². The van der Waals surface area contributed by atoms with Crippen molar-refractivity contribution in [1.82, 2.24) is 0 Å². The minimum absolute atomic E-state index is 0. The Hall–Kier alpha value is -1.55. The maximum atomic E-state index is 11.4. The van der Waals surface area contributed by atoms with E-state index < -0.39 is 11.8 Å². The third-order valence-corrected chi connectivity index (χ3v) is 1.67. The molecule has 0 aromatic heterocycles. The van der Waals surface area contributed by atoms with Crippen molar-refractivity contribution >= 4 is 29.8 Å². The Kier molecular flexibility index (Phi) is 5.41. The first-order chi connectivity index (χ1) is 6.66. The first-order valence-electron chi connectivity index (χ1n) is 4.22. The molecule has 0 bridgehead atoms. The van der Waals surface area contributed by atoms with Crippen molar-refractivity contribution in [2.24, 2.45) is 0 Å². The van der Waals surface area contributed by atoms with Crippen LogP contribution in [-0.4, -0.2) is 18.4 Å². The number of carbonyl (C=O) groups excluding carboxylic acids is 2. The van der Waals surface area contributed by atoms with Crippen LogP contribution in [0.25, 0.3) is 0 Å². The summed E-state index contributed by atoms with van der Waals surface area (Å²) in [5.74, 6) is -1.57. The zero-order valence-electron chi connectivity index (χ0n) is 8.23. The van der Waals surface area contributed by atoms with E-state index >= 15 is 0 Å². The molecular weight excluding hydrogens is 218 g/mol. The number of benzene rings is 1. The lowest BCUT2D eigenvalue weighted by Gasteiger charge is -2.03. The average Bonchev–Trinajstić information content (AvgIpc) is 2.18. The van der Waals surface area contributed by atoms with Gasteiger partial charge in [0, 0.05) is 5.69 Å². The van der Waals surface area contributed by atoms with E-state index in [1.54, 1.807) is 25.1 Å². The summed E-state index contributed by atoms with van der Waals surface area (Å²) >= 11 is 0. The molecule has 0 aliphatic carbocycles. The fourth-order valence-corrected chi connectivity index (χ4v) is 1.01. The average molecular weight is 230 g/mol. The highest BCUT2D eigenvalue weighted by molar-refractivity contribution is 6.41. The molecule has 1 rings (SSSR count). The molecular formula is C10H12ClNO3. The van der Waals surface area contributed by atoms with E-state index in [1.807, 2.05) is 0 Å². The van der Waals surface area contributed by atoms with Crippen LogP contribution < -0.4 is 5.73 Å². The van der Waals surface area contributed by atoms with Crippen LogP contribution in [0.1, 0.15) is 17.3 Å². The van der Waals surface area contributed by atoms with E-state index in [0.717, 1.165) is 0 Å². The molecule has 0 unspecified atom stereocenters. The predicted molar refractivity (Wildman–Crippen MR) is 59.1 cm³/mol. The third-order valence-electron chi connectivity index (χ3n) is 1.67. The van der Waals surface area contributed by atoms with Crippen molar-refractivity contribution in [3.05, 3.63) is 29.8 Å². The predicted octanol–water partition coefficient (Wildman–Crippen LogP) is 1.44. The van der Waals surface area contributed by atoms with E-state index in [-0.39, 0.29) is 30.3 Å². The van der Waals surface area contributed by atoms with Gasteiger partial charge < -0.3 is 10.5 Å². The highest BCUT2D eigenvalue weighted by atomic mass is 35.5. The molecule has 0 radical (unpaired) electrons. The highest BCUT2D eigenvalue weighted by Gasteiger charge is 2.18. The van der Waals surface area contributed by atoms with E-state index in [0.29, 0.717) is 0 Å². The maximum Gasteiger partial charge on any atom is 0.379 e. The van der Waals surface area contributed by atoms with Crippen LogP contribution in [0, 0.1) is 0 Å². The lowest BCUT2D eigenvalue weighted by Crippen LogP contribution is -2.18. The van der Waals surface area contributed by atoms with Crippen molar-refractivity contribution in [1.29, 1.82) is 0 Å². The summed E-state index contributed by atoms with van der Waals surface area (Å²) in [5.41, 5.74) is 6.00. The van der Waals surface area contributed by atoms with E-state index in [9.17, 15) is 9.59 Å². The summed E-state index contributed by atoms with van der Waals surface area (Å²) in [6, 6.07) is 6.39. The van der Waals surface area contributed by atoms with Gasteiger partial charge in [0.1, 0.15) is 0 Å². The lowest BCUT2D eigenvalue weighted by atomic mass is 10.1. The summed E-state index contributed by atoms with van der Waals surface area (Å²) in [6.45, 7) is 1.82. The molecule has 5 heteroatoms. The van der Waals surface area contributed by atoms with Crippen LogP contribution in [0.2, 0.25) is 0 Å². The number of ketones is 1. The molecule has 0 saturated carbocycles. The van der Waals surface area contributed by atoms with Crippen LogP contribution >= 0.6 is 12.4 Å². The second kappa shape index (κ2) is 6.03. The smallest absolute Gasteiger partial charge is 0.379 e. The number of nitrogens with two attached hydrogens (primary N) is 1. The molecule has 0 fully saturated rings. The number of hydrogen-bond acceptors (Lipinski definition) is 4. The van der Waals surface area contributed by atoms with Gasteiger partial charge in [0.2, 0.25) is 0 Å². The van der Waals surface area contributed by atoms with Crippen LogP contribution in [0.5, 0.6) is 0 Å². The van der Waals surface area contributed by atoms with E-state index in [4.69, 9.17) is 5.73 Å². The van der Waals surface area contributed by atoms with Crippen molar-refractivity contribution in [2.45, 2.75) is 6.92 Å². The topological polar surface area (TPSA) is 69.4 Å². The second-order valence-corrected chi connectivity index (χ2v) is 2.64. The minimum Gasteiger partial charge on any atom is -0.460 e. The number of nitrogen functional groups attached to an aromatic ring is 1. The van der Waals surface area contributed by atoms with Gasteiger partial charge in [0.25, 0.3) is 5.78 Å². The van der Waals surface area contributed by atoms with Gasteiger partial charge in [-0.2, -0.15) is 0 Å². The van der Waals surface area contributed by atoms with Crippen molar-refractivity contribution in [3.63, 3.8) is 0 Å². The number of anilines is 1. The van der Waals surface area contributed by atoms with Gasteiger partial charge in [0.05, 0.1) is 12.2 Å². The fourth-order valence-electron chi connectivity index (χ4n) is 1.01. The molecule has 15 heavy (non-hydrogen) atoms. The zero-order valence-corrected chi connectivity index (χ0v) is 9.04. The second-order valence-electron chi connectivity index (χ2n) is 2.64. The number of hydrogen-bond donors (Lipinski definition) is 1. The largest absolute Gasteiger partial charge is 0.460 e. The monoisotopic (exact) mass is 229 g/mol. The number of ether oxygens (including phenoxy) is 1. The van der Waals surface area contributed by atoms with E-state index in [1.165, 1.54) is 6.07 Å². The van der Waals surface area contributed by atoms with Crippen LogP contribution in [0.15, 0.2) is 24.3 Å². The summed E-state index contributed by atoms with van der Waals surface area (Å²) < 4.78 is 4.57. The molecule has 0 spiro atoms. The van der Waals surface area contributed by atoms with Crippen molar-refractivity contribution in [2.75, 3.05) is 12.3 Å². The third kappa shape index (κ3) is 3.25. The van der Waals surface area contributed by atoms with Gasteiger partial charge in [-0.05, 0) is 19.1 Å². The Morgan fingerprint density at radius 1 is 1.33 bits per heavy atom. The molecule has 4 nitrogen and oxygen atoms in total. The first-order valence-corrected chi connectivity index (χ1v) is 4.22. The molecule has 0 heterocycles. The summed E-state index contributed by atoms with van der Waals surface area (Å²) in [5, 5.41) is 0. The minimum atomic E-state index is -0.870. The van der Waals surface area contributed by atoms with E-state index in [2.05, 4.69) is 4.74 Å². The van der Waals surface area contributed by atoms with Gasteiger partial charge in [-0.3, -0.25) is 4.79 Å². The molecule has 0 saturated heterocycles. The molecule has 82 valence electrons. The summed E-state index contributed by atoms with van der Waals surface area (Å²) in [7, 11) is 0. The van der Waals surface area contributed by atoms with Crippen LogP contribution in [-0.2, 0) is 9.53 Å². The number of para-hydroxylation sites is 1. The van der Waals surface area contributed by atoms with Crippen LogP contribution in [0.4, 0.5) is 5.69 Å². The zero-order chi connectivity index (χ0) is 10.6. The highest BCUT2D eigenvalue weighted by Crippen LogP contribution is 2.11. The number of carbonyl (C=O) groups is 2. The standard InChI is InChI=1S/C10H11NO3.ClH/c1-2-14-10(13)9(12)7-5-3-4-6-8(7)11;/h3-6H,2,11H2,1H3;1H. The number of rotatable bonds is 3. The Morgan fingerprint density at radius 3 is 2.47 bits per heavy atom. The molecule has 1 aromatic carbocycles. The lowest BCUT2D eigenvalue weighted by molar-refractivity contribution is -0.137. The van der Waals surface area contributed by atoms with Crippen molar-refractivity contribution < 1.29 is 14.3 Å². The Balaban J connectivity index is 0.00000196. The number of esters is 1. The number of halogens is 1. The summed E-state index contributed by atoms with van der Waals surface area (Å²) in [6.07, 6.45) is 0. The fraction of sp³-hybridized carbons (Fsp3) is 0.200. The molecule has 0 atom stereocenters. The molecule has 0 aliphatic rings. The Bertz CT molecular complexity index is 365. The summed E-state index contributed by atoms with van der Waals surface area (Å²) in [4.78, 5) is 22.5. The quantitative estimate of drug-likeness (QED) is 0.369. The Labute approximate surface area is 93.8 Å². The normalized spacial score (nSPS) is 8.87. The first kappa shape index (κ1) is 13.5. The maximum absolute atomic E-state index is 11.4. The van der Waals surface area contributed by atoms with Gasteiger partial charge in [-0.1, -0.05) is 12.1 Å². The molecule has 0 amide bonds. The Morgan fingerprint density at radius 2 is 1.93 bits per heavy atom. The van der Waals surface area contributed by atoms with Gasteiger partial charge in [-0.15, -0.1) is 12.4 Å². The molecule has 1 aromatic rings. The van der Waals surface area contributed by atoms with Crippen molar-refractivity contribution in [3.8, 4) is 0 Å². The van der Waals surface area contributed by atoms with Gasteiger partial charge in [0.15, 0.2) is 0 Å². The molecule has 0 aliphatic heterocycles. The SMILES string of the molecule is CCOC(=O)C(=O)c1ccccc1N.Cl. The van der Waals surface area contributed by atoms with Gasteiger partial charge in [-0.25, -0.2) is 4.79 Å². The van der Waals surface area contributed by atoms with Gasteiger partial charge >= 0.3 is 5.97 Å². The number of Topliss-reactive ketones (excluding diaryl/α,β-unsaturated/α-hetero) is 1. The molecule has 2 N–H and O–H groups in total.